The maximum Gasteiger partial charge on any atom is 0.241 e. The number of amides is 1. The summed E-state index contributed by atoms with van der Waals surface area (Å²) < 4.78 is 0. The van der Waals surface area contributed by atoms with E-state index in [1.165, 1.54) is 5.01 Å². The monoisotopic (exact) mass is 236 g/mol. The average Bonchev–Trinajstić information content (AvgIpc) is 2.25. The SMILES string of the molecule is CCC(=O)N(NC(C)(C)C)c1ccc(O)cc1. The maximum atomic E-state index is 11.9. The van der Waals surface area contributed by atoms with Crippen LogP contribution in [0.25, 0.3) is 0 Å². The molecular weight excluding hydrogens is 216 g/mol. The van der Waals surface area contributed by atoms with Crippen molar-refractivity contribution in [3.05, 3.63) is 24.3 Å². The van der Waals surface area contributed by atoms with Gasteiger partial charge >= 0.3 is 0 Å². The van der Waals surface area contributed by atoms with Gasteiger partial charge in [0.05, 0.1) is 5.69 Å². The first-order chi connectivity index (χ1) is 7.83. The maximum absolute atomic E-state index is 11.9. The predicted octanol–water partition coefficient (Wildman–Crippen LogP) is 2.44. The molecule has 0 saturated heterocycles. The Bertz CT molecular complexity index is 379. The lowest BCUT2D eigenvalue weighted by molar-refractivity contribution is -0.119. The molecule has 94 valence electrons. The van der Waals surface area contributed by atoms with Crippen molar-refractivity contribution in [2.24, 2.45) is 0 Å². The minimum atomic E-state index is -0.206. The third kappa shape index (κ3) is 4.07. The van der Waals surface area contributed by atoms with Gasteiger partial charge in [0.2, 0.25) is 5.91 Å². The van der Waals surface area contributed by atoms with Crippen molar-refractivity contribution in [1.82, 2.24) is 5.43 Å². The van der Waals surface area contributed by atoms with Crippen LogP contribution in [0.15, 0.2) is 24.3 Å². The second-order valence-corrected chi connectivity index (χ2v) is 4.96. The summed E-state index contributed by atoms with van der Waals surface area (Å²) >= 11 is 0. The number of anilines is 1. The molecule has 0 aliphatic carbocycles. The Balaban J connectivity index is 2.98. The summed E-state index contributed by atoms with van der Waals surface area (Å²) in [7, 11) is 0. The van der Waals surface area contributed by atoms with Crippen LogP contribution in [0, 0.1) is 0 Å². The molecule has 0 fully saturated rings. The molecule has 1 aromatic rings. The molecule has 4 nitrogen and oxygen atoms in total. The van der Waals surface area contributed by atoms with Crippen molar-refractivity contribution < 1.29 is 9.90 Å². The van der Waals surface area contributed by atoms with E-state index in [0.717, 1.165) is 5.69 Å². The van der Waals surface area contributed by atoms with Gasteiger partial charge in [0.15, 0.2) is 0 Å². The molecule has 1 rings (SSSR count). The van der Waals surface area contributed by atoms with Gasteiger partial charge in [-0.1, -0.05) is 6.92 Å². The second-order valence-electron chi connectivity index (χ2n) is 4.96. The number of carbonyl (C=O) groups is 1. The van der Waals surface area contributed by atoms with E-state index < -0.39 is 0 Å². The van der Waals surface area contributed by atoms with Gasteiger partial charge in [-0.3, -0.25) is 4.79 Å². The van der Waals surface area contributed by atoms with Crippen LogP contribution in [0.4, 0.5) is 5.69 Å². The topological polar surface area (TPSA) is 52.6 Å². The van der Waals surface area contributed by atoms with Crippen LogP contribution < -0.4 is 10.4 Å². The third-order valence-electron chi connectivity index (χ3n) is 2.11. The predicted molar refractivity (Wildman–Crippen MR) is 68.8 cm³/mol. The molecule has 2 N–H and O–H groups in total. The molecule has 0 bridgehead atoms. The lowest BCUT2D eigenvalue weighted by atomic mass is 10.1. The fourth-order valence-electron chi connectivity index (χ4n) is 1.37. The summed E-state index contributed by atoms with van der Waals surface area (Å²) in [6.45, 7) is 7.79. The first kappa shape index (κ1) is 13.5. The summed E-state index contributed by atoms with van der Waals surface area (Å²) in [5.74, 6) is 0.180. The number of phenols is 1. The summed E-state index contributed by atoms with van der Waals surface area (Å²) in [5, 5.41) is 10.8. The minimum absolute atomic E-state index is 0.00869. The number of benzene rings is 1. The summed E-state index contributed by atoms with van der Waals surface area (Å²) in [4.78, 5) is 11.9. The zero-order valence-electron chi connectivity index (χ0n) is 10.8. The van der Waals surface area contributed by atoms with Crippen LogP contribution in [0.3, 0.4) is 0 Å². The Morgan fingerprint density at radius 2 is 1.82 bits per heavy atom. The van der Waals surface area contributed by atoms with E-state index in [9.17, 15) is 9.90 Å². The summed E-state index contributed by atoms with van der Waals surface area (Å²) in [6, 6.07) is 6.55. The number of hydrogen-bond acceptors (Lipinski definition) is 3. The summed E-state index contributed by atoms with van der Waals surface area (Å²) in [5.41, 5.74) is 3.67. The molecule has 0 aliphatic heterocycles. The molecule has 4 heteroatoms. The van der Waals surface area contributed by atoms with Crippen molar-refractivity contribution >= 4 is 11.6 Å². The van der Waals surface area contributed by atoms with E-state index in [-0.39, 0.29) is 17.2 Å². The minimum Gasteiger partial charge on any atom is -0.508 e. The standard InChI is InChI=1S/C13H20N2O2/c1-5-12(17)15(14-13(2,3)4)10-6-8-11(16)9-7-10/h6-9,14,16H,5H2,1-4H3. The van der Waals surface area contributed by atoms with Crippen LogP contribution in [0.5, 0.6) is 5.75 Å². The Morgan fingerprint density at radius 3 is 2.24 bits per heavy atom. The number of hydrazine groups is 1. The van der Waals surface area contributed by atoms with Crippen molar-refractivity contribution in [3.63, 3.8) is 0 Å². The Morgan fingerprint density at radius 1 is 1.29 bits per heavy atom. The van der Waals surface area contributed by atoms with Gasteiger partial charge in [0, 0.05) is 12.0 Å². The second kappa shape index (κ2) is 5.19. The highest BCUT2D eigenvalue weighted by Crippen LogP contribution is 2.19. The smallest absolute Gasteiger partial charge is 0.241 e. The molecule has 0 saturated carbocycles. The van der Waals surface area contributed by atoms with Crippen LogP contribution in [0.1, 0.15) is 34.1 Å². The van der Waals surface area contributed by atoms with Crippen molar-refractivity contribution in [1.29, 1.82) is 0 Å². The van der Waals surface area contributed by atoms with Crippen LogP contribution in [0.2, 0.25) is 0 Å². The van der Waals surface area contributed by atoms with Gasteiger partial charge in [-0.2, -0.15) is 0 Å². The molecule has 0 atom stereocenters. The molecule has 1 aromatic carbocycles. The number of hydrogen-bond donors (Lipinski definition) is 2. The highest BCUT2D eigenvalue weighted by Gasteiger charge is 2.20. The zero-order chi connectivity index (χ0) is 13.1. The number of carbonyl (C=O) groups excluding carboxylic acids is 1. The summed E-state index contributed by atoms with van der Waals surface area (Å²) in [6.07, 6.45) is 0.421. The Kier molecular flexibility index (Phi) is 4.12. The van der Waals surface area contributed by atoms with Gasteiger partial charge in [0.25, 0.3) is 0 Å². The highest BCUT2D eigenvalue weighted by atomic mass is 16.3. The first-order valence-electron chi connectivity index (χ1n) is 5.73. The molecule has 0 aromatic heterocycles. The number of nitrogens with one attached hydrogen (secondary N) is 1. The number of aromatic hydroxyl groups is 1. The normalized spacial score (nSPS) is 11.3. The third-order valence-corrected chi connectivity index (χ3v) is 2.11. The largest absolute Gasteiger partial charge is 0.508 e. The number of phenolic OH excluding ortho intramolecular Hbond substituents is 1. The molecule has 1 amide bonds. The van der Waals surface area contributed by atoms with E-state index in [1.807, 2.05) is 27.7 Å². The van der Waals surface area contributed by atoms with E-state index in [0.29, 0.717) is 6.42 Å². The van der Waals surface area contributed by atoms with E-state index >= 15 is 0 Å². The van der Waals surface area contributed by atoms with Crippen LogP contribution >= 0.6 is 0 Å². The first-order valence-corrected chi connectivity index (χ1v) is 5.73. The number of rotatable bonds is 3. The van der Waals surface area contributed by atoms with Gasteiger partial charge in [0.1, 0.15) is 5.75 Å². The van der Waals surface area contributed by atoms with E-state index in [2.05, 4.69) is 5.43 Å². The lowest BCUT2D eigenvalue weighted by Crippen LogP contribution is -2.52. The molecule has 0 radical (unpaired) electrons. The molecule has 0 spiro atoms. The van der Waals surface area contributed by atoms with Crippen LogP contribution in [-0.2, 0) is 4.79 Å². The highest BCUT2D eigenvalue weighted by molar-refractivity contribution is 5.92. The molecular formula is C13H20N2O2. The molecule has 0 heterocycles. The van der Waals surface area contributed by atoms with Crippen molar-refractivity contribution in [2.45, 2.75) is 39.7 Å². The number of nitrogens with zero attached hydrogens (tertiary/aromatic N) is 1. The molecule has 17 heavy (non-hydrogen) atoms. The lowest BCUT2D eigenvalue weighted by Gasteiger charge is -2.31. The Labute approximate surface area is 102 Å². The van der Waals surface area contributed by atoms with Gasteiger partial charge in [-0.25, -0.2) is 10.4 Å². The van der Waals surface area contributed by atoms with Gasteiger partial charge in [-0.05, 0) is 45.0 Å². The van der Waals surface area contributed by atoms with E-state index in [4.69, 9.17) is 0 Å². The van der Waals surface area contributed by atoms with Crippen molar-refractivity contribution in [3.8, 4) is 5.75 Å². The average molecular weight is 236 g/mol. The zero-order valence-corrected chi connectivity index (χ0v) is 10.8. The fourth-order valence-corrected chi connectivity index (χ4v) is 1.37. The quantitative estimate of drug-likeness (QED) is 0.792. The van der Waals surface area contributed by atoms with Crippen LogP contribution in [-0.4, -0.2) is 16.6 Å². The van der Waals surface area contributed by atoms with Gasteiger partial charge in [-0.15, -0.1) is 0 Å². The molecule has 0 aliphatic rings. The van der Waals surface area contributed by atoms with Crippen molar-refractivity contribution in [2.75, 3.05) is 5.01 Å². The molecule has 0 unspecified atom stereocenters. The van der Waals surface area contributed by atoms with E-state index in [1.54, 1.807) is 24.3 Å². The van der Waals surface area contributed by atoms with Gasteiger partial charge < -0.3 is 5.11 Å². The Hall–Kier alpha value is -1.55. The fraction of sp³-hybridized carbons (Fsp3) is 0.462.